The van der Waals surface area contributed by atoms with Crippen molar-refractivity contribution in [3.05, 3.63) is 17.2 Å². The van der Waals surface area contributed by atoms with Crippen LogP contribution in [-0.4, -0.2) is 55.9 Å². The van der Waals surface area contributed by atoms with Crippen LogP contribution in [0.3, 0.4) is 0 Å². The van der Waals surface area contributed by atoms with Crippen LogP contribution in [0.2, 0.25) is 5.02 Å². The fraction of sp³-hybridized carbons (Fsp3) is 0.500. The number of benzene rings is 1. The Balaban J connectivity index is 1.70. The van der Waals surface area contributed by atoms with Gasteiger partial charge < -0.3 is 24.6 Å². The van der Waals surface area contributed by atoms with Crippen LogP contribution in [0.25, 0.3) is 0 Å². The number of likely N-dealkylation sites (N-methyl/N-ethyl adjacent to an activating group) is 1. The number of nitrogens with zero attached hydrogens (tertiary/aromatic N) is 2. The zero-order valence-corrected chi connectivity index (χ0v) is 12.7. The van der Waals surface area contributed by atoms with E-state index >= 15 is 0 Å². The van der Waals surface area contributed by atoms with E-state index in [1.807, 2.05) is 4.90 Å². The smallest absolute Gasteiger partial charge is 0.321 e. The molecule has 1 aromatic carbocycles. The number of hydrogen-bond donors (Lipinski definition) is 1. The first kappa shape index (κ1) is 14.3. The normalized spacial score (nSPS) is 18.5. The van der Waals surface area contributed by atoms with Crippen molar-refractivity contribution in [2.24, 2.45) is 0 Å². The topological polar surface area (TPSA) is 54.0 Å². The molecule has 1 N–H and O–H groups in total. The summed E-state index contributed by atoms with van der Waals surface area (Å²) in [6.07, 6.45) is 0.971. The lowest BCUT2D eigenvalue weighted by Gasteiger charge is -2.21. The van der Waals surface area contributed by atoms with Gasteiger partial charge in [0.1, 0.15) is 0 Å². The van der Waals surface area contributed by atoms with E-state index in [1.54, 1.807) is 12.1 Å². The van der Waals surface area contributed by atoms with E-state index in [0.29, 0.717) is 28.8 Å². The third-order valence-corrected chi connectivity index (χ3v) is 4.02. The SMILES string of the molecule is CN1CCCN(C(=O)Nc2cc3c(cc2Cl)OCO3)CC1. The molecule has 114 valence electrons. The Morgan fingerprint density at radius 1 is 1.19 bits per heavy atom. The monoisotopic (exact) mass is 311 g/mol. The van der Waals surface area contributed by atoms with Crippen LogP contribution in [0.4, 0.5) is 10.5 Å². The van der Waals surface area contributed by atoms with E-state index in [4.69, 9.17) is 21.1 Å². The van der Waals surface area contributed by atoms with Gasteiger partial charge in [-0.2, -0.15) is 0 Å². The van der Waals surface area contributed by atoms with Crippen LogP contribution in [0.5, 0.6) is 11.5 Å². The van der Waals surface area contributed by atoms with Gasteiger partial charge in [0.25, 0.3) is 0 Å². The van der Waals surface area contributed by atoms with Crippen LogP contribution in [0, 0.1) is 0 Å². The summed E-state index contributed by atoms with van der Waals surface area (Å²) in [4.78, 5) is 16.4. The standard InChI is InChI=1S/C14H18ClN3O3/c1-17-3-2-4-18(6-5-17)14(19)16-11-8-13-12(7-10(11)15)20-9-21-13/h7-8H,2-6,9H2,1H3,(H,16,19). The maximum absolute atomic E-state index is 12.3. The van der Waals surface area contributed by atoms with E-state index in [2.05, 4.69) is 17.3 Å². The molecule has 0 atom stereocenters. The Labute approximate surface area is 128 Å². The second-order valence-corrected chi connectivity index (χ2v) is 5.67. The van der Waals surface area contributed by atoms with Gasteiger partial charge in [0, 0.05) is 31.8 Å². The van der Waals surface area contributed by atoms with Gasteiger partial charge in [0.05, 0.1) is 10.7 Å². The van der Waals surface area contributed by atoms with Crippen molar-refractivity contribution in [3.63, 3.8) is 0 Å². The van der Waals surface area contributed by atoms with Crippen LogP contribution in [0.15, 0.2) is 12.1 Å². The first-order valence-corrected chi connectivity index (χ1v) is 7.35. The quantitative estimate of drug-likeness (QED) is 0.864. The summed E-state index contributed by atoms with van der Waals surface area (Å²) in [6, 6.07) is 3.23. The second-order valence-electron chi connectivity index (χ2n) is 5.26. The molecule has 0 aromatic heterocycles. The van der Waals surface area contributed by atoms with Crippen molar-refractivity contribution in [3.8, 4) is 11.5 Å². The second kappa shape index (κ2) is 5.99. The number of nitrogens with one attached hydrogen (secondary N) is 1. The first-order chi connectivity index (χ1) is 10.1. The van der Waals surface area contributed by atoms with E-state index in [9.17, 15) is 4.79 Å². The molecule has 0 bridgehead atoms. The van der Waals surface area contributed by atoms with E-state index in [-0.39, 0.29) is 12.8 Å². The molecule has 2 aliphatic rings. The minimum atomic E-state index is -0.133. The highest BCUT2D eigenvalue weighted by molar-refractivity contribution is 6.34. The molecule has 2 aliphatic heterocycles. The zero-order valence-electron chi connectivity index (χ0n) is 11.9. The summed E-state index contributed by atoms with van der Waals surface area (Å²) in [5, 5.41) is 3.30. The first-order valence-electron chi connectivity index (χ1n) is 6.97. The summed E-state index contributed by atoms with van der Waals surface area (Å²) >= 11 is 6.17. The third kappa shape index (κ3) is 3.16. The molecule has 1 saturated heterocycles. The van der Waals surface area contributed by atoms with Gasteiger partial charge in [0.2, 0.25) is 6.79 Å². The van der Waals surface area contributed by atoms with E-state index < -0.39 is 0 Å². The molecular weight excluding hydrogens is 294 g/mol. The zero-order chi connectivity index (χ0) is 14.8. The summed E-state index contributed by atoms with van der Waals surface area (Å²) in [5.41, 5.74) is 0.545. The van der Waals surface area contributed by atoms with Gasteiger partial charge in [-0.15, -0.1) is 0 Å². The molecule has 21 heavy (non-hydrogen) atoms. The molecular formula is C14H18ClN3O3. The van der Waals surface area contributed by atoms with Crippen LogP contribution >= 0.6 is 11.6 Å². The van der Waals surface area contributed by atoms with Crippen molar-refractivity contribution >= 4 is 23.3 Å². The molecule has 1 aromatic rings. The number of fused-ring (bicyclic) bond motifs is 1. The highest BCUT2D eigenvalue weighted by atomic mass is 35.5. The Bertz CT molecular complexity index is 553. The van der Waals surface area contributed by atoms with Crippen molar-refractivity contribution in [1.82, 2.24) is 9.80 Å². The number of urea groups is 1. The third-order valence-electron chi connectivity index (χ3n) is 3.71. The van der Waals surface area contributed by atoms with Gasteiger partial charge in [-0.3, -0.25) is 0 Å². The highest BCUT2D eigenvalue weighted by Crippen LogP contribution is 2.39. The maximum atomic E-state index is 12.3. The average molecular weight is 312 g/mol. The van der Waals surface area contributed by atoms with E-state index in [1.165, 1.54) is 0 Å². The molecule has 7 heteroatoms. The highest BCUT2D eigenvalue weighted by Gasteiger charge is 2.21. The summed E-state index contributed by atoms with van der Waals surface area (Å²) in [6.45, 7) is 3.53. The van der Waals surface area contributed by atoms with Crippen LogP contribution in [0.1, 0.15) is 6.42 Å². The lowest BCUT2D eigenvalue weighted by atomic mass is 10.2. The predicted molar refractivity (Wildman–Crippen MR) is 80.3 cm³/mol. The Morgan fingerprint density at radius 2 is 1.95 bits per heavy atom. The van der Waals surface area contributed by atoms with Crippen LogP contribution < -0.4 is 14.8 Å². The molecule has 0 spiro atoms. The number of anilines is 1. The van der Waals surface area contributed by atoms with Crippen LogP contribution in [-0.2, 0) is 0 Å². The summed E-state index contributed by atoms with van der Waals surface area (Å²) < 4.78 is 10.6. The molecule has 3 rings (SSSR count). The molecule has 6 nitrogen and oxygen atoms in total. The van der Waals surface area contributed by atoms with Gasteiger partial charge in [-0.05, 0) is 20.0 Å². The Morgan fingerprint density at radius 3 is 2.76 bits per heavy atom. The van der Waals surface area contributed by atoms with E-state index in [0.717, 1.165) is 26.1 Å². The molecule has 0 saturated carbocycles. The van der Waals surface area contributed by atoms with Gasteiger partial charge in [-0.1, -0.05) is 11.6 Å². The number of halogens is 1. The van der Waals surface area contributed by atoms with Gasteiger partial charge in [0.15, 0.2) is 11.5 Å². The maximum Gasteiger partial charge on any atom is 0.321 e. The number of rotatable bonds is 1. The number of amides is 2. The number of hydrogen-bond acceptors (Lipinski definition) is 4. The number of ether oxygens (including phenoxy) is 2. The molecule has 2 amide bonds. The fourth-order valence-corrected chi connectivity index (χ4v) is 2.66. The number of carbonyl (C=O) groups is 1. The minimum absolute atomic E-state index is 0.133. The Hall–Kier alpha value is -1.66. The molecule has 0 radical (unpaired) electrons. The molecule has 2 heterocycles. The minimum Gasteiger partial charge on any atom is -0.454 e. The van der Waals surface area contributed by atoms with Crippen molar-refractivity contribution in [1.29, 1.82) is 0 Å². The van der Waals surface area contributed by atoms with Gasteiger partial charge in [-0.25, -0.2) is 4.79 Å². The lowest BCUT2D eigenvalue weighted by Crippen LogP contribution is -2.37. The van der Waals surface area contributed by atoms with Gasteiger partial charge >= 0.3 is 6.03 Å². The molecule has 0 unspecified atom stereocenters. The largest absolute Gasteiger partial charge is 0.454 e. The van der Waals surface area contributed by atoms with Crippen molar-refractivity contribution < 1.29 is 14.3 Å². The van der Waals surface area contributed by atoms with Crippen molar-refractivity contribution in [2.45, 2.75) is 6.42 Å². The summed E-state index contributed by atoms with van der Waals surface area (Å²) in [5.74, 6) is 1.21. The number of carbonyl (C=O) groups excluding carboxylic acids is 1. The molecule has 0 aliphatic carbocycles. The summed E-state index contributed by atoms with van der Waals surface area (Å²) in [7, 11) is 2.07. The van der Waals surface area contributed by atoms with Crippen molar-refractivity contribution in [2.75, 3.05) is 45.3 Å². The Kier molecular flexibility index (Phi) is 4.07. The average Bonchev–Trinajstić information content (AvgIpc) is 2.78. The fourth-order valence-electron chi connectivity index (χ4n) is 2.46. The molecule has 1 fully saturated rings. The lowest BCUT2D eigenvalue weighted by molar-refractivity contribution is 0.174. The predicted octanol–water partition coefficient (Wildman–Crippen LogP) is 2.24.